The van der Waals surface area contributed by atoms with Crippen LogP contribution in [-0.2, 0) is 13.1 Å². The molecule has 0 aliphatic carbocycles. The van der Waals surface area contributed by atoms with Crippen LogP contribution in [0.1, 0.15) is 29.3 Å². The van der Waals surface area contributed by atoms with Gasteiger partial charge in [-0.1, -0.05) is 42.5 Å². The lowest BCUT2D eigenvalue weighted by Gasteiger charge is -2.31. The number of ether oxygens (including phenoxy) is 1. The van der Waals surface area contributed by atoms with Crippen LogP contribution < -0.4 is 4.74 Å². The van der Waals surface area contributed by atoms with Gasteiger partial charge in [0.15, 0.2) is 11.6 Å². The molecule has 0 N–H and O–H groups in total. The fraction of sp³-hybridized carbons (Fsp3) is 0.185. The van der Waals surface area contributed by atoms with E-state index in [1.165, 1.54) is 6.07 Å². The molecule has 2 heterocycles. The molecule has 0 radical (unpaired) electrons. The number of rotatable bonds is 5. The van der Waals surface area contributed by atoms with Gasteiger partial charge in [-0.3, -0.25) is 4.90 Å². The molecule has 162 valence electrons. The van der Waals surface area contributed by atoms with Crippen LogP contribution in [0.3, 0.4) is 0 Å². The molecule has 0 spiro atoms. The molecule has 4 aromatic rings. The van der Waals surface area contributed by atoms with E-state index in [2.05, 4.69) is 9.47 Å². The zero-order valence-electron chi connectivity index (χ0n) is 17.6. The number of nitrogens with zero attached hydrogens (tertiary/aromatic N) is 2. The van der Waals surface area contributed by atoms with E-state index in [1.807, 2.05) is 72.9 Å². The molecule has 3 nitrogen and oxygen atoms in total. The summed E-state index contributed by atoms with van der Waals surface area (Å²) in [6.45, 7) is 2.22. The first kappa shape index (κ1) is 20.5. The van der Waals surface area contributed by atoms with E-state index >= 15 is 0 Å². The number of hydrogen-bond acceptors (Lipinski definition) is 2. The number of fused-ring (bicyclic) bond motifs is 1. The predicted molar refractivity (Wildman–Crippen MR) is 121 cm³/mol. The van der Waals surface area contributed by atoms with Gasteiger partial charge in [-0.25, -0.2) is 8.78 Å². The summed E-state index contributed by atoms with van der Waals surface area (Å²) in [6.07, 6.45) is 2.94. The average Bonchev–Trinajstić information content (AvgIpc) is 3.19. The maximum absolute atomic E-state index is 14.9. The van der Waals surface area contributed by atoms with Crippen molar-refractivity contribution in [3.05, 3.63) is 120 Å². The monoisotopic (exact) mass is 430 g/mol. The van der Waals surface area contributed by atoms with Gasteiger partial charge in [-0.05, 0) is 54.4 Å². The second kappa shape index (κ2) is 8.97. The fourth-order valence-electron chi connectivity index (χ4n) is 4.46. The van der Waals surface area contributed by atoms with Crippen LogP contribution in [0.15, 0.2) is 91.1 Å². The topological polar surface area (TPSA) is 17.4 Å². The van der Waals surface area contributed by atoms with Crippen LogP contribution in [0, 0.1) is 11.6 Å². The molecule has 0 saturated heterocycles. The van der Waals surface area contributed by atoms with E-state index in [0.29, 0.717) is 12.1 Å². The number of halogens is 2. The lowest BCUT2D eigenvalue weighted by Crippen LogP contribution is -2.30. The van der Waals surface area contributed by atoms with Crippen molar-refractivity contribution >= 4 is 0 Å². The number of aryl methyl sites for hydroxylation is 1. The summed E-state index contributed by atoms with van der Waals surface area (Å²) in [5, 5.41) is 0. The van der Waals surface area contributed by atoms with Crippen molar-refractivity contribution < 1.29 is 13.5 Å². The third-order valence-electron chi connectivity index (χ3n) is 5.89. The van der Waals surface area contributed by atoms with Crippen LogP contribution in [0.4, 0.5) is 8.78 Å². The predicted octanol–water partition coefficient (Wildman–Crippen LogP) is 6.55. The van der Waals surface area contributed by atoms with Gasteiger partial charge in [0.2, 0.25) is 0 Å². The molecular formula is C27H24F2N2O. The highest BCUT2D eigenvalue weighted by Crippen LogP contribution is 2.35. The Balaban J connectivity index is 1.48. The first-order valence-electron chi connectivity index (χ1n) is 10.8. The van der Waals surface area contributed by atoms with Gasteiger partial charge in [0, 0.05) is 37.1 Å². The summed E-state index contributed by atoms with van der Waals surface area (Å²) >= 11 is 0. The van der Waals surface area contributed by atoms with E-state index in [0.717, 1.165) is 42.3 Å². The number of para-hydroxylation sites is 1. The highest BCUT2D eigenvalue weighted by Gasteiger charge is 2.30. The summed E-state index contributed by atoms with van der Waals surface area (Å²) in [7, 11) is 0. The molecule has 0 bridgehead atoms. The Morgan fingerprint density at radius 3 is 2.50 bits per heavy atom. The first-order valence-corrected chi connectivity index (χ1v) is 10.8. The van der Waals surface area contributed by atoms with Gasteiger partial charge in [0.25, 0.3) is 0 Å². The van der Waals surface area contributed by atoms with Gasteiger partial charge >= 0.3 is 0 Å². The molecule has 1 atom stereocenters. The highest BCUT2D eigenvalue weighted by atomic mass is 19.2. The minimum Gasteiger partial charge on any atom is -0.457 e. The Morgan fingerprint density at radius 2 is 1.62 bits per heavy atom. The van der Waals surface area contributed by atoms with Crippen molar-refractivity contribution in [2.75, 3.05) is 6.54 Å². The molecule has 0 fully saturated rings. The zero-order chi connectivity index (χ0) is 21.9. The highest BCUT2D eigenvalue weighted by molar-refractivity contribution is 5.35. The minimum absolute atomic E-state index is 0.364. The molecule has 5 heteroatoms. The van der Waals surface area contributed by atoms with E-state index < -0.39 is 11.6 Å². The third kappa shape index (κ3) is 4.16. The SMILES string of the molecule is Fc1cccc([C@@H]2c3cccn3CCCN2Cc2cccc(Oc3ccccc3)c2)c1F. The van der Waals surface area contributed by atoms with Crippen LogP contribution in [0.5, 0.6) is 11.5 Å². The Morgan fingerprint density at radius 1 is 0.812 bits per heavy atom. The lowest BCUT2D eigenvalue weighted by atomic mass is 10.00. The summed E-state index contributed by atoms with van der Waals surface area (Å²) in [5.41, 5.74) is 2.40. The van der Waals surface area contributed by atoms with Crippen LogP contribution in [0.2, 0.25) is 0 Å². The van der Waals surface area contributed by atoms with Crippen molar-refractivity contribution in [1.29, 1.82) is 0 Å². The second-order valence-electron chi connectivity index (χ2n) is 8.06. The number of aromatic nitrogens is 1. The molecule has 0 saturated carbocycles. The molecule has 1 aromatic heterocycles. The quantitative estimate of drug-likeness (QED) is 0.357. The summed E-state index contributed by atoms with van der Waals surface area (Å²) < 4.78 is 37.2. The summed E-state index contributed by atoms with van der Waals surface area (Å²) in [5.74, 6) is -0.0706. The van der Waals surface area contributed by atoms with Crippen molar-refractivity contribution in [2.45, 2.75) is 25.6 Å². The van der Waals surface area contributed by atoms with Crippen molar-refractivity contribution in [2.24, 2.45) is 0 Å². The van der Waals surface area contributed by atoms with E-state index in [4.69, 9.17) is 4.74 Å². The fourth-order valence-corrected chi connectivity index (χ4v) is 4.46. The molecule has 1 aliphatic heterocycles. The number of benzene rings is 3. The summed E-state index contributed by atoms with van der Waals surface area (Å²) in [6, 6.07) is 25.6. The Bertz CT molecular complexity index is 1210. The lowest BCUT2D eigenvalue weighted by molar-refractivity contribution is 0.215. The molecule has 0 unspecified atom stereocenters. The normalized spacial score (nSPS) is 16.4. The maximum atomic E-state index is 14.9. The molecule has 5 rings (SSSR count). The molecule has 3 aromatic carbocycles. The van der Waals surface area contributed by atoms with Crippen molar-refractivity contribution in [3.8, 4) is 11.5 Å². The summed E-state index contributed by atoms with van der Waals surface area (Å²) in [4.78, 5) is 2.22. The second-order valence-corrected chi connectivity index (χ2v) is 8.06. The third-order valence-corrected chi connectivity index (χ3v) is 5.89. The van der Waals surface area contributed by atoms with Gasteiger partial charge in [0.05, 0.1) is 6.04 Å². The Hall–Kier alpha value is -3.44. The first-order chi connectivity index (χ1) is 15.7. The Kier molecular flexibility index (Phi) is 5.73. The zero-order valence-corrected chi connectivity index (χ0v) is 17.6. The minimum atomic E-state index is -0.817. The average molecular weight is 430 g/mol. The Labute approximate surface area is 186 Å². The number of hydrogen-bond donors (Lipinski definition) is 0. The van der Waals surface area contributed by atoms with Crippen molar-refractivity contribution in [3.63, 3.8) is 0 Å². The van der Waals surface area contributed by atoms with Crippen molar-refractivity contribution in [1.82, 2.24) is 9.47 Å². The smallest absolute Gasteiger partial charge is 0.163 e. The standard InChI is InChI=1S/C27H24F2N2O/c28-24-13-5-12-23(26(24)29)27-25-14-6-15-30(25)16-7-17-31(27)19-20-8-4-11-22(18-20)32-21-9-2-1-3-10-21/h1-6,8-15,18,27H,7,16-17,19H2/t27-/m1/s1. The van der Waals surface area contributed by atoms with Gasteiger partial charge in [-0.2, -0.15) is 0 Å². The largest absolute Gasteiger partial charge is 0.457 e. The van der Waals surface area contributed by atoms with Gasteiger partial charge in [-0.15, -0.1) is 0 Å². The van der Waals surface area contributed by atoms with Gasteiger partial charge < -0.3 is 9.30 Å². The van der Waals surface area contributed by atoms with E-state index in [-0.39, 0.29) is 6.04 Å². The molecule has 32 heavy (non-hydrogen) atoms. The van der Waals surface area contributed by atoms with Crippen LogP contribution in [0.25, 0.3) is 0 Å². The van der Waals surface area contributed by atoms with E-state index in [9.17, 15) is 8.78 Å². The molecular weight excluding hydrogens is 406 g/mol. The maximum Gasteiger partial charge on any atom is 0.163 e. The van der Waals surface area contributed by atoms with Crippen LogP contribution in [-0.4, -0.2) is 16.0 Å². The van der Waals surface area contributed by atoms with Crippen LogP contribution >= 0.6 is 0 Å². The molecule has 1 aliphatic rings. The van der Waals surface area contributed by atoms with E-state index in [1.54, 1.807) is 12.1 Å². The molecule has 0 amide bonds. The van der Waals surface area contributed by atoms with Gasteiger partial charge in [0.1, 0.15) is 11.5 Å².